The number of ether oxygens (including phenoxy) is 1. The van der Waals surface area contributed by atoms with Gasteiger partial charge in [-0.05, 0) is 56.3 Å². The maximum Gasteiger partial charge on any atom is 0.242 e. The van der Waals surface area contributed by atoms with Gasteiger partial charge >= 0.3 is 0 Å². The maximum atomic E-state index is 13.7. The second-order valence-electron chi connectivity index (χ2n) is 9.98. The molecule has 0 atom stereocenters. The Morgan fingerprint density at radius 3 is 2.59 bits per heavy atom. The zero-order valence-corrected chi connectivity index (χ0v) is 21.8. The summed E-state index contributed by atoms with van der Waals surface area (Å²) >= 11 is 0. The van der Waals surface area contributed by atoms with Gasteiger partial charge < -0.3 is 19.1 Å². The molecule has 1 aliphatic carbocycles. The lowest BCUT2D eigenvalue weighted by Gasteiger charge is -2.34. The second kappa shape index (κ2) is 10.3. The molecule has 194 valence electrons. The number of rotatable bonds is 7. The number of halogens is 1. The van der Waals surface area contributed by atoms with E-state index in [1.54, 1.807) is 12.1 Å². The van der Waals surface area contributed by atoms with Crippen molar-refractivity contribution in [1.29, 1.82) is 0 Å². The summed E-state index contributed by atoms with van der Waals surface area (Å²) in [4.78, 5) is 9.44. The smallest absolute Gasteiger partial charge is 0.242 e. The van der Waals surface area contributed by atoms with Crippen LogP contribution < -0.4 is 4.74 Å². The van der Waals surface area contributed by atoms with Crippen molar-refractivity contribution >= 4 is 0 Å². The number of aryl methyl sites for hydroxylation is 1. The van der Waals surface area contributed by atoms with Crippen molar-refractivity contribution < 1.29 is 13.7 Å². The Bertz CT molecular complexity index is 1320. The Hall–Kier alpha value is -3.72. The number of likely N-dealkylation sites (N-methyl/N-ethyl adjacent to an activating group) is 1. The molecule has 1 aromatic carbocycles. The molecule has 0 radical (unpaired) electrons. The molecule has 0 spiro atoms. The molecule has 5 rings (SSSR count). The van der Waals surface area contributed by atoms with Crippen LogP contribution in [0.1, 0.15) is 26.1 Å². The molecule has 2 aromatic heterocycles. The fourth-order valence-electron chi connectivity index (χ4n) is 4.43. The van der Waals surface area contributed by atoms with E-state index < -0.39 is 5.85 Å². The van der Waals surface area contributed by atoms with Crippen molar-refractivity contribution in [2.24, 2.45) is 0 Å². The number of aromatic nitrogens is 4. The monoisotopic (exact) mass is 504 g/mol. The highest BCUT2D eigenvalue weighted by Crippen LogP contribution is 2.28. The fraction of sp³-hybridized carbons (Fsp3) is 0.393. The van der Waals surface area contributed by atoms with Crippen LogP contribution >= 0.6 is 0 Å². The summed E-state index contributed by atoms with van der Waals surface area (Å²) < 4.78 is 26.4. The lowest BCUT2D eigenvalue weighted by Crippen LogP contribution is -2.43. The minimum atomic E-state index is -1.74. The fourth-order valence-corrected chi connectivity index (χ4v) is 4.43. The first-order chi connectivity index (χ1) is 17.7. The number of alkyl halides is 1. The van der Waals surface area contributed by atoms with Gasteiger partial charge in [0.15, 0.2) is 0 Å². The van der Waals surface area contributed by atoms with Crippen LogP contribution in [-0.2, 0) is 6.54 Å². The number of piperazine rings is 1. The van der Waals surface area contributed by atoms with E-state index in [0.717, 1.165) is 44.0 Å². The first-order valence-corrected chi connectivity index (χ1v) is 12.6. The highest BCUT2D eigenvalue weighted by atomic mass is 19.2. The van der Waals surface area contributed by atoms with Crippen LogP contribution in [0.3, 0.4) is 0 Å². The van der Waals surface area contributed by atoms with Crippen molar-refractivity contribution in [2.45, 2.75) is 39.6 Å². The zero-order valence-electron chi connectivity index (χ0n) is 21.8. The van der Waals surface area contributed by atoms with Gasteiger partial charge in [-0.2, -0.15) is 4.39 Å². The summed E-state index contributed by atoms with van der Waals surface area (Å²) in [6, 6.07) is 8.86. The van der Waals surface area contributed by atoms with Gasteiger partial charge in [0.1, 0.15) is 17.3 Å². The molecule has 0 amide bonds. The lowest BCUT2D eigenvalue weighted by molar-refractivity contribution is -0.0256. The second-order valence-corrected chi connectivity index (χ2v) is 9.98. The molecule has 0 N–H and O–H groups in total. The van der Waals surface area contributed by atoms with Gasteiger partial charge in [-0.3, -0.25) is 0 Å². The van der Waals surface area contributed by atoms with Gasteiger partial charge in [-0.1, -0.05) is 23.4 Å². The number of benzene rings is 1. The molecule has 1 aliphatic heterocycles. The van der Waals surface area contributed by atoms with E-state index in [1.807, 2.05) is 29.8 Å². The number of allylic oxidation sites excluding steroid dienone is 5. The maximum absolute atomic E-state index is 13.7. The van der Waals surface area contributed by atoms with Crippen LogP contribution in [0.15, 0.2) is 70.4 Å². The highest BCUT2D eigenvalue weighted by Gasteiger charge is 2.19. The van der Waals surface area contributed by atoms with E-state index in [0.29, 0.717) is 29.6 Å². The van der Waals surface area contributed by atoms with E-state index in [2.05, 4.69) is 51.3 Å². The van der Waals surface area contributed by atoms with E-state index in [1.165, 1.54) is 25.1 Å². The molecular formula is C28H33FN6O2. The molecule has 9 heteroatoms. The molecule has 37 heavy (non-hydrogen) atoms. The Balaban J connectivity index is 1.30. The van der Waals surface area contributed by atoms with E-state index >= 15 is 0 Å². The summed E-state index contributed by atoms with van der Waals surface area (Å²) in [7, 11) is 2.17. The molecule has 8 nitrogen and oxygen atoms in total. The van der Waals surface area contributed by atoms with Crippen LogP contribution in [0.25, 0.3) is 22.8 Å². The van der Waals surface area contributed by atoms with E-state index in [4.69, 9.17) is 14.4 Å². The molecule has 0 unspecified atom stereocenters. The Labute approximate surface area is 216 Å². The highest BCUT2D eigenvalue weighted by molar-refractivity contribution is 5.64. The van der Waals surface area contributed by atoms with Crippen LogP contribution in [-0.4, -0.2) is 68.8 Å². The van der Waals surface area contributed by atoms with E-state index in [9.17, 15) is 4.39 Å². The van der Waals surface area contributed by atoms with Gasteiger partial charge in [0.25, 0.3) is 0 Å². The number of nitrogens with zero attached hydrogens (tertiary/aromatic N) is 6. The summed E-state index contributed by atoms with van der Waals surface area (Å²) in [5.41, 5.74) is 3.93. The van der Waals surface area contributed by atoms with Crippen molar-refractivity contribution in [3.05, 3.63) is 71.7 Å². The predicted molar refractivity (Wildman–Crippen MR) is 140 cm³/mol. The number of hydrogen-bond donors (Lipinski definition) is 0. The Morgan fingerprint density at radius 2 is 1.86 bits per heavy atom. The Morgan fingerprint density at radius 1 is 1.11 bits per heavy atom. The molecular weight excluding hydrogens is 471 g/mol. The van der Waals surface area contributed by atoms with Gasteiger partial charge in [0, 0.05) is 57.4 Å². The molecule has 2 aliphatic rings. The quantitative estimate of drug-likeness (QED) is 0.448. The molecule has 3 aromatic rings. The van der Waals surface area contributed by atoms with E-state index in [-0.39, 0.29) is 0 Å². The van der Waals surface area contributed by atoms with Crippen molar-refractivity contribution in [1.82, 2.24) is 29.7 Å². The molecule has 1 saturated heterocycles. The van der Waals surface area contributed by atoms with Crippen LogP contribution in [0.5, 0.6) is 5.75 Å². The van der Waals surface area contributed by atoms with Crippen LogP contribution in [0, 0.1) is 6.92 Å². The van der Waals surface area contributed by atoms with Gasteiger partial charge in [-0.15, -0.1) is 5.10 Å². The van der Waals surface area contributed by atoms with Gasteiger partial charge in [0.2, 0.25) is 17.4 Å². The predicted octanol–water partition coefficient (Wildman–Crippen LogP) is 5.01. The van der Waals surface area contributed by atoms with Crippen molar-refractivity contribution in [3.8, 4) is 28.6 Å². The molecule has 1 fully saturated rings. The first-order valence-electron chi connectivity index (χ1n) is 12.6. The topological polar surface area (TPSA) is 72.4 Å². The minimum Gasteiger partial charge on any atom is -0.459 e. The van der Waals surface area contributed by atoms with Crippen molar-refractivity contribution in [3.63, 3.8) is 0 Å². The summed E-state index contributed by atoms with van der Waals surface area (Å²) in [6.45, 7) is 9.52. The SMILES string of the molecule is Cc1nc(-c2cc(-c3ccc(OC(C)(C)F)cc3)no2)nn1CC1=CC(N2CCN(C)CC2)=CCC=C1. The molecule has 3 heterocycles. The summed E-state index contributed by atoms with van der Waals surface area (Å²) in [5.74, 6) is 0.486. The zero-order chi connectivity index (χ0) is 26.0. The van der Waals surface area contributed by atoms with Crippen LogP contribution in [0.2, 0.25) is 0 Å². The lowest BCUT2D eigenvalue weighted by atomic mass is 10.1. The van der Waals surface area contributed by atoms with Crippen molar-refractivity contribution in [2.75, 3.05) is 33.2 Å². The largest absolute Gasteiger partial charge is 0.459 e. The summed E-state index contributed by atoms with van der Waals surface area (Å²) in [5, 5.41) is 8.89. The summed E-state index contributed by atoms with van der Waals surface area (Å²) in [6.07, 6.45) is 9.84. The third-order valence-electron chi connectivity index (χ3n) is 6.43. The molecule has 0 saturated carbocycles. The van der Waals surface area contributed by atoms with Gasteiger partial charge in [0.05, 0.1) is 6.54 Å². The third-order valence-corrected chi connectivity index (χ3v) is 6.43. The first kappa shape index (κ1) is 25.0. The average molecular weight is 505 g/mol. The Kier molecular flexibility index (Phi) is 6.97. The average Bonchev–Trinajstić information content (AvgIpc) is 3.41. The van der Waals surface area contributed by atoms with Crippen LogP contribution in [0.4, 0.5) is 4.39 Å². The third kappa shape index (κ3) is 6.17. The normalized spacial score (nSPS) is 16.9. The number of hydrogen-bond acceptors (Lipinski definition) is 7. The molecule has 0 bridgehead atoms. The minimum absolute atomic E-state index is 0.448. The standard InChI is InChI=1S/C28H33FN6O2/c1-20-30-27(26-18-25(32-37-26)22-9-11-24(12-10-22)36-28(2,3)29)31-35(20)19-21-7-5-6-8-23(17-21)34-15-13-33(4)14-16-34/h5,7-12,17-18H,6,13-16,19H2,1-4H3. The van der Waals surface area contributed by atoms with Gasteiger partial charge in [-0.25, -0.2) is 9.67 Å².